The Balaban J connectivity index is 4.61. The fourth-order valence-corrected chi connectivity index (χ4v) is 5.75. The molecule has 0 aromatic carbocycles. The van der Waals surface area contributed by atoms with Gasteiger partial charge in [0.1, 0.15) is 13.2 Å². The third-order valence-corrected chi connectivity index (χ3v) is 9.34. The maximum absolute atomic E-state index is 12.7. The molecule has 0 aliphatic rings. The molecule has 0 amide bonds. The topological polar surface area (TPSA) is 78.9 Å². The van der Waals surface area contributed by atoms with Crippen molar-refractivity contribution in [1.29, 1.82) is 0 Å². The largest absolute Gasteiger partial charge is 0.462 e. The number of allylic oxidation sites excluding steroid dienone is 22. The highest BCUT2D eigenvalue weighted by atomic mass is 16.6. The van der Waals surface area contributed by atoms with Gasteiger partial charge in [0.15, 0.2) is 6.10 Å². The van der Waals surface area contributed by atoms with Gasteiger partial charge in [0, 0.05) is 19.3 Å². The second-order valence-electron chi connectivity index (χ2n) is 15.1. The highest BCUT2D eigenvalue weighted by molar-refractivity contribution is 5.71. The number of carbonyl (C=O) groups excluding carboxylic acids is 3. The zero-order valence-corrected chi connectivity index (χ0v) is 38.6. The number of rotatable bonds is 40. The van der Waals surface area contributed by atoms with Gasteiger partial charge in [-0.1, -0.05) is 212 Å². The maximum Gasteiger partial charge on any atom is 0.306 e. The number of carbonyl (C=O) groups is 3. The highest BCUT2D eigenvalue weighted by Gasteiger charge is 2.19. The summed E-state index contributed by atoms with van der Waals surface area (Å²) in [5.41, 5.74) is 0. The Morgan fingerprint density at radius 3 is 1.26 bits per heavy atom. The average molecular weight is 841 g/mol. The van der Waals surface area contributed by atoms with E-state index in [9.17, 15) is 14.4 Å². The standard InChI is InChI=1S/C55H84O6/c1-4-7-10-13-16-19-22-24-25-26-27-28-29-31-33-36-39-42-45-48-54(57)60-51-52(50-59-53(56)47-44-41-38-35-32-21-18-15-12-9-6-3)61-55(58)49-46-43-40-37-34-30-23-20-17-14-11-8-5-2/h7,10,13,15-16,18-19,21-22,24-34,40,43,52H,4-6,8-9,11-12,14,17,20,23,35-39,41-42,44-51H2,1-3H3/b10-7-,16-13-,18-15-,22-19-,25-24-,27-26+,29-28-,32-21-,33-31-,34-30-,43-40-. The summed E-state index contributed by atoms with van der Waals surface area (Å²) in [5.74, 6) is -1.09. The molecule has 1 atom stereocenters. The van der Waals surface area contributed by atoms with Gasteiger partial charge in [0.25, 0.3) is 0 Å². The Kier molecular flexibility index (Phi) is 44.7. The van der Waals surface area contributed by atoms with Crippen molar-refractivity contribution < 1.29 is 28.6 Å². The number of ether oxygens (including phenoxy) is 3. The van der Waals surface area contributed by atoms with Gasteiger partial charge in [-0.15, -0.1) is 0 Å². The molecule has 0 heterocycles. The van der Waals surface area contributed by atoms with Crippen LogP contribution in [0.3, 0.4) is 0 Å². The van der Waals surface area contributed by atoms with Crippen molar-refractivity contribution in [3.8, 4) is 0 Å². The number of hydrogen-bond donors (Lipinski definition) is 0. The quantitative estimate of drug-likeness (QED) is 0.0201. The second kappa shape index (κ2) is 48.2. The molecule has 0 aromatic heterocycles. The van der Waals surface area contributed by atoms with Crippen LogP contribution < -0.4 is 0 Å². The third-order valence-electron chi connectivity index (χ3n) is 9.34. The molecule has 0 aromatic rings. The predicted molar refractivity (Wildman–Crippen MR) is 260 cm³/mol. The van der Waals surface area contributed by atoms with E-state index in [-0.39, 0.29) is 38.0 Å². The van der Waals surface area contributed by atoms with E-state index in [0.29, 0.717) is 19.3 Å². The first kappa shape index (κ1) is 56.5. The van der Waals surface area contributed by atoms with Crippen LogP contribution in [0.15, 0.2) is 134 Å². The Morgan fingerprint density at radius 1 is 0.361 bits per heavy atom. The minimum Gasteiger partial charge on any atom is -0.462 e. The van der Waals surface area contributed by atoms with Gasteiger partial charge in [-0.2, -0.15) is 0 Å². The van der Waals surface area contributed by atoms with E-state index in [2.05, 4.69) is 75.5 Å². The number of esters is 3. The molecule has 0 saturated carbocycles. The van der Waals surface area contributed by atoms with Crippen LogP contribution in [0.25, 0.3) is 0 Å². The zero-order valence-electron chi connectivity index (χ0n) is 38.6. The Bertz CT molecular complexity index is 1380. The minimum absolute atomic E-state index is 0.135. The summed E-state index contributed by atoms with van der Waals surface area (Å²) in [6, 6.07) is 0. The number of hydrogen-bond acceptors (Lipinski definition) is 6. The number of unbranched alkanes of at least 4 members (excludes halogenated alkanes) is 14. The summed E-state index contributed by atoms with van der Waals surface area (Å²) < 4.78 is 16.6. The van der Waals surface area contributed by atoms with E-state index in [0.717, 1.165) is 70.6 Å². The molecule has 6 nitrogen and oxygen atoms in total. The van der Waals surface area contributed by atoms with E-state index in [1.165, 1.54) is 51.4 Å². The third kappa shape index (κ3) is 46.5. The van der Waals surface area contributed by atoms with Crippen LogP contribution in [0, 0.1) is 0 Å². The van der Waals surface area contributed by atoms with Crippen molar-refractivity contribution in [3.05, 3.63) is 134 Å². The molecule has 340 valence electrons. The molecule has 0 spiro atoms. The summed E-state index contributed by atoms with van der Waals surface area (Å²) in [4.78, 5) is 37.8. The van der Waals surface area contributed by atoms with Crippen molar-refractivity contribution >= 4 is 17.9 Å². The van der Waals surface area contributed by atoms with Crippen molar-refractivity contribution in [2.75, 3.05) is 13.2 Å². The normalized spacial score (nSPS) is 13.3. The SMILES string of the molecule is CC\C=C/C=C\C=C/C=C\C=C\C=C/C=C\CCCCCC(=O)OCC(COC(=O)CCCCC/C=C\C=C/CCCC)OC(=O)CC/C=C\C/C=C\CCCCCCCC. The molecule has 0 saturated heterocycles. The molecule has 0 fully saturated rings. The minimum atomic E-state index is -0.842. The first-order valence-electron chi connectivity index (χ1n) is 23.8. The van der Waals surface area contributed by atoms with Crippen molar-refractivity contribution in [1.82, 2.24) is 0 Å². The Morgan fingerprint density at radius 2 is 0.754 bits per heavy atom. The molecule has 0 aliphatic carbocycles. The van der Waals surface area contributed by atoms with Gasteiger partial charge in [0.05, 0.1) is 0 Å². The van der Waals surface area contributed by atoms with Gasteiger partial charge in [-0.25, -0.2) is 0 Å². The molecule has 6 heteroatoms. The summed E-state index contributed by atoms with van der Waals surface area (Å²) in [5, 5.41) is 0. The van der Waals surface area contributed by atoms with E-state index >= 15 is 0 Å². The van der Waals surface area contributed by atoms with Crippen LogP contribution in [0.5, 0.6) is 0 Å². The van der Waals surface area contributed by atoms with Crippen LogP contribution in [0.2, 0.25) is 0 Å². The van der Waals surface area contributed by atoms with Crippen LogP contribution in [-0.2, 0) is 28.6 Å². The van der Waals surface area contributed by atoms with Crippen molar-refractivity contribution in [2.24, 2.45) is 0 Å². The zero-order chi connectivity index (χ0) is 44.4. The molecular formula is C55H84O6. The summed E-state index contributed by atoms with van der Waals surface area (Å²) in [7, 11) is 0. The fourth-order valence-electron chi connectivity index (χ4n) is 5.75. The predicted octanol–water partition coefficient (Wildman–Crippen LogP) is 15.5. The fraction of sp³-hybridized carbons (Fsp3) is 0.545. The lowest BCUT2D eigenvalue weighted by Crippen LogP contribution is -2.30. The summed E-state index contributed by atoms with van der Waals surface area (Å²) >= 11 is 0. The van der Waals surface area contributed by atoms with Crippen LogP contribution in [-0.4, -0.2) is 37.2 Å². The molecular weight excluding hydrogens is 757 g/mol. The second-order valence-corrected chi connectivity index (χ2v) is 15.1. The van der Waals surface area contributed by atoms with E-state index < -0.39 is 12.1 Å². The van der Waals surface area contributed by atoms with Crippen molar-refractivity contribution in [2.45, 2.75) is 181 Å². The Labute approximate surface area is 373 Å². The smallest absolute Gasteiger partial charge is 0.306 e. The van der Waals surface area contributed by atoms with Crippen LogP contribution >= 0.6 is 0 Å². The van der Waals surface area contributed by atoms with Gasteiger partial charge >= 0.3 is 17.9 Å². The van der Waals surface area contributed by atoms with E-state index in [4.69, 9.17) is 14.2 Å². The van der Waals surface area contributed by atoms with Gasteiger partial charge in [0.2, 0.25) is 0 Å². The monoisotopic (exact) mass is 841 g/mol. The molecule has 0 rings (SSSR count). The van der Waals surface area contributed by atoms with Gasteiger partial charge in [-0.05, 0) is 77.0 Å². The van der Waals surface area contributed by atoms with Crippen LogP contribution in [0.4, 0.5) is 0 Å². The summed E-state index contributed by atoms with van der Waals surface area (Å²) in [6.45, 7) is 6.28. The molecule has 61 heavy (non-hydrogen) atoms. The van der Waals surface area contributed by atoms with E-state index in [1.54, 1.807) is 0 Å². The van der Waals surface area contributed by atoms with E-state index in [1.807, 2.05) is 79.0 Å². The van der Waals surface area contributed by atoms with Crippen molar-refractivity contribution in [3.63, 3.8) is 0 Å². The first-order chi connectivity index (χ1) is 30.0. The lowest BCUT2D eigenvalue weighted by Gasteiger charge is -2.18. The van der Waals surface area contributed by atoms with Gasteiger partial charge < -0.3 is 14.2 Å². The first-order valence-corrected chi connectivity index (χ1v) is 23.8. The highest BCUT2D eigenvalue weighted by Crippen LogP contribution is 2.10. The lowest BCUT2D eigenvalue weighted by molar-refractivity contribution is -0.166. The molecule has 0 N–H and O–H groups in total. The van der Waals surface area contributed by atoms with Crippen LogP contribution in [0.1, 0.15) is 175 Å². The molecule has 1 unspecified atom stereocenters. The van der Waals surface area contributed by atoms with Gasteiger partial charge in [-0.3, -0.25) is 14.4 Å². The lowest BCUT2D eigenvalue weighted by atomic mass is 10.1. The average Bonchev–Trinajstić information content (AvgIpc) is 3.26. The Hall–Kier alpha value is -4.45. The maximum atomic E-state index is 12.7. The molecule has 0 bridgehead atoms. The molecule has 0 radical (unpaired) electrons. The molecule has 0 aliphatic heterocycles. The summed E-state index contributed by atoms with van der Waals surface area (Å²) in [6.07, 6.45) is 67.3.